The summed E-state index contributed by atoms with van der Waals surface area (Å²) in [5.74, 6) is 1.29. The molecule has 1 amide bonds. The molecule has 100 valence electrons. The second kappa shape index (κ2) is 7.46. The molecule has 2 atom stereocenters. The van der Waals surface area contributed by atoms with Gasteiger partial charge in [-0.15, -0.1) is 12.4 Å². The molecule has 2 aliphatic heterocycles. The lowest BCUT2D eigenvalue weighted by atomic mass is 10.2. The largest absolute Gasteiger partial charge is 0.378 e. The van der Waals surface area contributed by atoms with Gasteiger partial charge in [0.05, 0.1) is 13.2 Å². The van der Waals surface area contributed by atoms with Crippen LogP contribution in [0.25, 0.3) is 0 Å². The number of rotatable bonds is 2. The Bertz CT molecular complexity index is 250. The molecule has 0 spiro atoms. The number of morpholine rings is 1. The first-order valence-electron chi connectivity index (χ1n) is 6.02. The zero-order chi connectivity index (χ0) is 11.4. The Balaban J connectivity index is 0.00000144. The molecule has 2 unspecified atom stereocenters. The number of carbonyl (C=O) groups is 1. The van der Waals surface area contributed by atoms with Crippen molar-refractivity contribution >= 4 is 30.1 Å². The summed E-state index contributed by atoms with van der Waals surface area (Å²) in [5.41, 5.74) is 0. The monoisotopic (exact) mass is 280 g/mol. The molecule has 2 heterocycles. The first-order valence-corrected chi connectivity index (χ1v) is 7.07. The van der Waals surface area contributed by atoms with Crippen LogP contribution in [-0.2, 0) is 9.53 Å². The highest BCUT2D eigenvalue weighted by Gasteiger charge is 2.29. The number of nitrogens with zero attached hydrogens (tertiary/aromatic N) is 1. The van der Waals surface area contributed by atoms with E-state index in [2.05, 4.69) is 12.2 Å². The van der Waals surface area contributed by atoms with E-state index in [4.69, 9.17) is 4.74 Å². The molecule has 2 fully saturated rings. The maximum Gasteiger partial charge on any atom is 0.242 e. The van der Waals surface area contributed by atoms with Crippen molar-refractivity contribution in [2.75, 3.05) is 38.6 Å². The van der Waals surface area contributed by atoms with Gasteiger partial charge in [-0.05, 0) is 6.42 Å². The van der Waals surface area contributed by atoms with Crippen molar-refractivity contribution in [1.29, 1.82) is 0 Å². The lowest BCUT2D eigenvalue weighted by Crippen LogP contribution is -2.55. The molecule has 17 heavy (non-hydrogen) atoms. The van der Waals surface area contributed by atoms with E-state index in [0.717, 1.165) is 38.4 Å². The Kier molecular flexibility index (Phi) is 6.62. The number of carbonyl (C=O) groups excluding carboxylic acids is 1. The molecule has 2 rings (SSSR count). The van der Waals surface area contributed by atoms with Gasteiger partial charge in [0.25, 0.3) is 0 Å². The molecule has 0 aromatic carbocycles. The summed E-state index contributed by atoms with van der Waals surface area (Å²) in [6.07, 6.45) is 1.14. The van der Waals surface area contributed by atoms with Gasteiger partial charge in [-0.2, -0.15) is 11.8 Å². The van der Waals surface area contributed by atoms with Crippen molar-refractivity contribution in [3.8, 4) is 0 Å². The molecule has 2 saturated heterocycles. The zero-order valence-corrected chi connectivity index (χ0v) is 11.8. The summed E-state index contributed by atoms with van der Waals surface area (Å²) in [6.45, 7) is 6.01. The molecular formula is C11H21ClN2O2S. The van der Waals surface area contributed by atoms with Gasteiger partial charge in [0.2, 0.25) is 5.91 Å². The number of halogens is 1. The minimum Gasteiger partial charge on any atom is -0.378 e. The van der Waals surface area contributed by atoms with Gasteiger partial charge < -0.3 is 15.0 Å². The fraction of sp³-hybridized carbons (Fsp3) is 0.909. The highest BCUT2D eigenvalue weighted by Crippen LogP contribution is 2.21. The van der Waals surface area contributed by atoms with Crippen molar-refractivity contribution in [3.63, 3.8) is 0 Å². The lowest BCUT2D eigenvalue weighted by molar-refractivity contribution is -0.136. The maximum atomic E-state index is 12.2. The van der Waals surface area contributed by atoms with Crippen LogP contribution in [0.15, 0.2) is 0 Å². The summed E-state index contributed by atoms with van der Waals surface area (Å²) >= 11 is 1.99. The lowest BCUT2D eigenvalue weighted by Gasteiger charge is -2.35. The van der Waals surface area contributed by atoms with Crippen LogP contribution in [-0.4, -0.2) is 60.7 Å². The van der Waals surface area contributed by atoms with Crippen LogP contribution in [0, 0.1) is 0 Å². The predicted molar refractivity (Wildman–Crippen MR) is 73.0 cm³/mol. The number of hydrogen-bond acceptors (Lipinski definition) is 4. The second-order valence-corrected chi connectivity index (χ2v) is 5.68. The number of nitrogens with one attached hydrogen (secondary N) is 1. The predicted octanol–water partition coefficient (Wildman–Crippen LogP) is 0.751. The first-order chi connectivity index (χ1) is 7.81. The minimum absolute atomic E-state index is 0. The zero-order valence-electron chi connectivity index (χ0n) is 10.2. The molecule has 4 nitrogen and oxygen atoms in total. The third-order valence-electron chi connectivity index (χ3n) is 3.13. The van der Waals surface area contributed by atoms with Gasteiger partial charge in [-0.25, -0.2) is 0 Å². The third kappa shape index (κ3) is 4.02. The van der Waals surface area contributed by atoms with E-state index in [1.165, 1.54) is 0 Å². The molecule has 0 aromatic heterocycles. The van der Waals surface area contributed by atoms with Gasteiger partial charge in [0.15, 0.2) is 0 Å². The van der Waals surface area contributed by atoms with E-state index < -0.39 is 0 Å². The fourth-order valence-corrected chi connectivity index (χ4v) is 3.29. The summed E-state index contributed by atoms with van der Waals surface area (Å²) in [5, 5.41) is 3.84. The Morgan fingerprint density at radius 1 is 1.59 bits per heavy atom. The van der Waals surface area contributed by atoms with E-state index in [9.17, 15) is 4.79 Å². The topological polar surface area (TPSA) is 41.6 Å². The Morgan fingerprint density at radius 2 is 2.41 bits per heavy atom. The third-order valence-corrected chi connectivity index (χ3v) is 4.50. The molecular weight excluding hydrogens is 260 g/mol. The summed E-state index contributed by atoms with van der Waals surface area (Å²) in [6, 6.07) is -0.116. The van der Waals surface area contributed by atoms with Gasteiger partial charge in [0, 0.05) is 30.6 Å². The first kappa shape index (κ1) is 15.1. The van der Waals surface area contributed by atoms with Gasteiger partial charge >= 0.3 is 0 Å². The fourth-order valence-electron chi connectivity index (χ4n) is 2.11. The Labute approximate surface area is 113 Å². The molecule has 0 radical (unpaired) electrons. The van der Waals surface area contributed by atoms with E-state index >= 15 is 0 Å². The molecule has 0 bridgehead atoms. The number of hydrogen-bond donors (Lipinski definition) is 1. The van der Waals surface area contributed by atoms with E-state index in [1.54, 1.807) is 0 Å². The van der Waals surface area contributed by atoms with Crippen LogP contribution in [0.5, 0.6) is 0 Å². The summed E-state index contributed by atoms with van der Waals surface area (Å²) in [4.78, 5) is 14.2. The molecule has 0 aromatic rings. The van der Waals surface area contributed by atoms with Crippen molar-refractivity contribution in [2.45, 2.75) is 24.6 Å². The molecule has 1 N–H and O–H groups in total. The normalized spacial score (nSPS) is 29.6. The summed E-state index contributed by atoms with van der Waals surface area (Å²) < 4.78 is 5.33. The van der Waals surface area contributed by atoms with Gasteiger partial charge in [-0.3, -0.25) is 4.79 Å². The second-order valence-electron chi connectivity index (χ2n) is 4.27. The van der Waals surface area contributed by atoms with Crippen LogP contribution in [0.3, 0.4) is 0 Å². The molecule has 2 aliphatic rings. The standard InChI is InChI=1S/C11H20N2O2S.ClH/c1-2-9-7-13(4-6-16-9)11(14)10-8-15-5-3-12-10;/h9-10,12H,2-8H2,1H3;1H. The average molecular weight is 281 g/mol. The minimum atomic E-state index is -0.116. The van der Waals surface area contributed by atoms with Crippen molar-refractivity contribution in [2.24, 2.45) is 0 Å². The average Bonchev–Trinajstić information content (AvgIpc) is 2.39. The van der Waals surface area contributed by atoms with Crippen LogP contribution in [0.4, 0.5) is 0 Å². The molecule has 0 saturated carbocycles. The smallest absolute Gasteiger partial charge is 0.242 e. The van der Waals surface area contributed by atoms with Crippen LogP contribution in [0.2, 0.25) is 0 Å². The van der Waals surface area contributed by atoms with Crippen LogP contribution < -0.4 is 5.32 Å². The van der Waals surface area contributed by atoms with Gasteiger partial charge in [0.1, 0.15) is 6.04 Å². The van der Waals surface area contributed by atoms with E-state index in [0.29, 0.717) is 11.9 Å². The Morgan fingerprint density at radius 3 is 3.06 bits per heavy atom. The van der Waals surface area contributed by atoms with Crippen LogP contribution >= 0.6 is 24.2 Å². The van der Waals surface area contributed by atoms with Gasteiger partial charge in [-0.1, -0.05) is 6.92 Å². The maximum absolute atomic E-state index is 12.2. The van der Waals surface area contributed by atoms with Crippen molar-refractivity contribution in [1.82, 2.24) is 10.2 Å². The van der Waals surface area contributed by atoms with Crippen molar-refractivity contribution in [3.05, 3.63) is 0 Å². The Hall–Kier alpha value is 0.0300. The number of ether oxygens (including phenoxy) is 1. The SMILES string of the molecule is CCC1CN(C(=O)C2COCCN2)CCS1.Cl. The van der Waals surface area contributed by atoms with E-state index in [1.807, 2.05) is 16.7 Å². The molecule has 0 aliphatic carbocycles. The van der Waals surface area contributed by atoms with Crippen molar-refractivity contribution < 1.29 is 9.53 Å². The number of amides is 1. The van der Waals surface area contributed by atoms with E-state index in [-0.39, 0.29) is 24.4 Å². The summed E-state index contributed by atoms with van der Waals surface area (Å²) in [7, 11) is 0. The van der Waals surface area contributed by atoms with Crippen LogP contribution in [0.1, 0.15) is 13.3 Å². The number of thioether (sulfide) groups is 1. The highest BCUT2D eigenvalue weighted by atomic mass is 35.5. The quantitative estimate of drug-likeness (QED) is 0.811. The highest BCUT2D eigenvalue weighted by molar-refractivity contribution is 8.00. The molecule has 6 heteroatoms.